The molecule has 0 spiro atoms. The molecular formula is C27H28FN7O. The maximum atomic E-state index is 15.2. The van der Waals surface area contributed by atoms with Crippen LogP contribution in [-0.2, 0) is 13.0 Å². The lowest BCUT2D eigenvalue weighted by atomic mass is 10.1. The number of aryl methyl sites for hydroxylation is 1. The largest absolute Gasteiger partial charge is 0.421 e. The molecule has 3 aromatic rings. The van der Waals surface area contributed by atoms with Crippen LogP contribution in [0.3, 0.4) is 0 Å². The van der Waals surface area contributed by atoms with Gasteiger partial charge < -0.3 is 19.9 Å². The Kier molecular flexibility index (Phi) is 5.96. The fourth-order valence-corrected chi connectivity index (χ4v) is 4.57. The van der Waals surface area contributed by atoms with Gasteiger partial charge in [0.15, 0.2) is 11.6 Å². The molecule has 9 heteroatoms. The van der Waals surface area contributed by atoms with E-state index in [1.54, 1.807) is 18.6 Å². The Hall–Kier alpha value is -4.01. The second kappa shape index (κ2) is 9.56. The summed E-state index contributed by atoms with van der Waals surface area (Å²) in [6, 6.07) is 5.43. The molecule has 0 saturated heterocycles. The van der Waals surface area contributed by atoms with Crippen LogP contribution in [0, 0.1) is 11.7 Å². The van der Waals surface area contributed by atoms with E-state index < -0.39 is 5.82 Å². The van der Waals surface area contributed by atoms with Gasteiger partial charge in [-0.1, -0.05) is 17.7 Å². The van der Waals surface area contributed by atoms with Gasteiger partial charge in [-0.15, -0.1) is 0 Å². The van der Waals surface area contributed by atoms with E-state index in [-0.39, 0.29) is 11.8 Å². The van der Waals surface area contributed by atoms with Gasteiger partial charge in [-0.2, -0.15) is 9.97 Å². The molecule has 1 fully saturated rings. The summed E-state index contributed by atoms with van der Waals surface area (Å²) in [6.07, 6.45) is 13.6. The second-order valence-electron chi connectivity index (χ2n) is 9.54. The molecule has 0 unspecified atom stereocenters. The number of anilines is 2. The topological polar surface area (TPSA) is 89.2 Å². The Morgan fingerprint density at radius 2 is 2.06 bits per heavy atom. The molecule has 1 aromatic carbocycles. The highest BCUT2D eigenvalue weighted by Gasteiger charge is 2.28. The summed E-state index contributed by atoms with van der Waals surface area (Å²) >= 11 is 0. The number of amidine groups is 1. The van der Waals surface area contributed by atoms with Gasteiger partial charge in [0, 0.05) is 37.1 Å². The number of nitrogens with one attached hydrogen (secondary N) is 2. The summed E-state index contributed by atoms with van der Waals surface area (Å²) < 4.78 is 23.1. The maximum absolute atomic E-state index is 15.2. The zero-order chi connectivity index (χ0) is 24.5. The van der Waals surface area contributed by atoms with Gasteiger partial charge in [0.05, 0.1) is 12.9 Å². The van der Waals surface area contributed by atoms with E-state index >= 15 is 4.39 Å². The predicted molar refractivity (Wildman–Crippen MR) is 138 cm³/mol. The van der Waals surface area contributed by atoms with Gasteiger partial charge >= 0.3 is 6.01 Å². The number of imidazole rings is 1. The molecule has 1 aliphatic heterocycles. The summed E-state index contributed by atoms with van der Waals surface area (Å²) in [7, 11) is 0. The van der Waals surface area contributed by atoms with Crippen molar-refractivity contribution in [3.63, 3.8) is 0 Å². The highest BCUT2D eigenvalue weighted by Crippen LogP contribution is 2.38. The molecule has 8 nitrogen and oxygen atoms in total. The van der Waals surface area contributed by atoms with Gasteiger partial charge in [-0.05, 0) is 61.8 Å². The highest BCUT2D eigenvalue weighted by atomic mass is 19.1. The van der Waals surface area contributed by atoms with Gasteiger partial charge in [0.25, 0.3) is 0 Å². The molecule has 0 radical (unpaired) electrons. The summed E-state index contributed by atoms with van der Waals surface area (Å²) in [5, 5.41) is 6.62. The average molecular weight is 486 g/mol. The number of hydrogen-bond acceptors (Lipinski definition) is 7. The minimum absolute atomic E-state index is 0.0691. The van der Waals surface area contributed by atoms with Crippen LogP contribution in [0.4, 0.5) is 16.0 Å². The molecule has 2 aromatic heterocycles. The van der Waals surface area contributed by atoms with E-state index in [9.17, 15) is 0 Å². The van der Waals surface area contributed by atoms with Crippen molar-refractivity contribution in [1.29, 1.82) is 0 Å². The van der Waals surface area contributed by atoms with Crippen LogP contribution >= 0.6 is 0 Å². The van der Waals surface area contributed by atoms with Crippen molar-refractivity contribution in [1.82, 2.24) is 19.5 Å². The maximum Gasteiger partial charge on any atom is 0.326 e. The minimum Gasteiger partial charge on any atom is -0.421 e. The van der Waals surface area contributed by atoms with Gasteiger partial charge in [0.1, 0.15) is 17.5 Å². The van der Waals surface area contributed by atoms with Gasteiger partial charge in [0.2, 0.25) is 0 Å². The molecule has 0 amide bonds. The van der Waals surface area contributed by atoms with E-state index in [2.05, 4.69) is 36.7 Å². The SMILES string of the molecule is CC1=Cc2c(ccc(Oc3nc(NCCCn4ccnc4)cc(NC4=NCC(C5CC5)=C4)n3)c2F)C1. The summed E-state index contributed by atoms with van der Waals surface area (Å²) in [5.41, 5.74) is 4.03. The number of nitrogens with zero attached hydrogens (tertiary/aromatic N) is 5. The fourth-order valence-electron chi connectivity index (χ4n) is 4.57. The number of benzene rings is 1. The normalized spacial score (nSPS) is 16.3. The first-order valence-corrected chi connectivity index (χ1v) is 12.4. The molecular weight excluding hydrogens is 457 g/mol. The first kappa shape index (κ1) is 22.5. The number of allylic oxidation sites excluding steroid dienone is 1. The number of ether oxygens (including phenoxy) is 1. The fraction of sp³-hybridized carbons (Fsp3) is 0.333. The number of aromatic nitrogens is 4. The molecule has 184 valence electrons. The van der Waals surface area contributed by atoms with Crippen molar-refractivity contribution < 1.29 is 9.13 Å². The molecule has 0 bridgehead atoms. The first-order valence-electron chi connectivity index (χ1n) is 12.4. The lowest BCUT2D eigenvalue weighted by molar-refractivity contribution is 0.411. The Bertz CT molecular complexity index is 1370. The smallest absolute Gasteiger partial charge is 0.326 e. The molecule has 3 aliphatic rings. The number of fused-ring (bicyclic) bond motifs is 1. The van der Waals surface area contributed by atoms with Crippen LogP contribution in [-0.4, -0.2) is 38.4 Å². The molecule has 1 saturated carbocycles. The lowest BCUT2D eigenvalue weighted by Crippen LogP contribution is -2.12. The number of rotatable bonds is 9. The second-order valence-corrected chi connectivity index (χ2v) is 9.54. The molecule has 2 N–H and O–H groups in total. The predicted octanol–water partition coefficient (Wildman–Crippen LogP) is 5.23. The lowest BCUT2D eigenvalue weighted by Gasteiger charge is -2.13. The van der Waals surface area contributed by atoms with Gasteiger partial charge in [-0.3, -0.25) is 4.99 Å². The summed E-state index contributed by atoms with van der Waals surface area (Å²) in [4.78, 5) is 17.7. The third kappa shape index (κ3) is 5.00. The van der Waals surface area contributed by atoms with Crippen molar-refractivity contribution in [2.45, 2.75) is 39.2 Å². The van der Waals surface area contributed by atoms with E-state index in [1.165, 1.54) is 18.4 Å². The monoisotopic (exact) mass is 485 g/mol. The zero-order valence-corrected chi connectivity index (χ0v) is 20.2. The van der Waals surface area contributed by atoms with Crippen molar-refractivity contribution in [3.8, 4) is 11.8 Å². The van der Waals surface area contributed by atoms with E-state index in [0.29, 0.717) is 29.7 Å². The molecule has 0 atom stereocenters. The first-order chi connectivity index (χ1) is 17.6. The number of halogens is 1. The van der Waals surface area contributed by atoms with Crippen molar-refractivity contribution >= 4 is 23.5 Å². The molecule has 6 rings (SSSR count). The molecule has 3 heterocycles. The van der Waals surface area contributed by atoms with E-state index in [1.807, 2.05) is 35.9 Å². The Balaban J connectivity index is 1.21. The van der Waals surface area contributed by atoms with Crippen molar-refractivity contribution in [2.24, 2.45) is 10.9 Å². The number of hydrogen-bond donors (Lipinski definition) is 2. The van der Waals surface area contributed by atoms with Crippen LogP contribution in [0.15, 0.2) is 59.1 Å². The van der Waals surface area contributed by atoms with E-state index in [0.717, 1.165) is 42.9 Å². The van der Waals surface area contributed by atoms with Crippen LogP contribution < -0.4 is 15.4 Å². The summed E-state index contributed by atoms with van der Waals surface area (Å²) in [5.74, 6) is 2.30. The van der Waals surface area contributed by atoms with Crippen LogP contribution in [0.5, 0.6) is 11.8 Å². The minimum atomic E-state index is -0.390. The van der Waals surface area contributed by atoms with Crippen LogP contribution in [0.25, 0.3) is 6.08 Å². The summed E-state index contributed by atoms with van der Waals surface area (Å²) in [6.45, 7) is 4.26. The quantitative estimate of drug-likeness (QED) is 0.404. The Morgan fingerprint density at radius 3 is 2.89 bits per heavy atom. The standard InChI is InChI=1S/C27H28FN7O/c1-17-11-19-5-6-22(26(28)21(19)12-17)36-27-33-24(30-7-2-9-35-10-8-29-16-35)14-25(34-27)32-23-13-20(15-31-23)18-3-4-18/h5-6,8,10,12-14,16,18H,2-4,7,9,11,15H2,1H3,(H2,30,31,32,33,34). The molecule has 2 aliphatic carbocycles. The molecule has 36 heavy (non-hydrogen) atoms. The Labute approximate surface area is 209 Å². The average Bonchev–Trinajstić information content (AvgIpc) is 3.22. The van der Waals surface area contributed by atoms with Gasteiger partial charge in [-0.25, -0.2) is 9.37 Å². The van der Waals surface area contributed by atoms with E-state index in [4.69, 9.17) is 4.74 Å². The van der Waals surface area contributed by atoms with Crippen molar-refractivity contribution in [3.05, 3.63) is 71.1 Å². The number of aliphatic imine (C=N–C) groups is 1. The highest BCUT2D eigenvalue weighted by molar-refractivity contribution is 6.05. The van der Waals surface area contributed by atoms with Crippen molar-refractivity contribution in [2.75, 3.05) is 23.7 Å². The third-order valence-corrected chi connectivity index (χ3v) is 6.57. The zero-order valence-electron chi connectivity index (χ0n) is 20.2. The van der Waals surface area contributed by atoms with Crippen LogP contribution in [0.1, 0.15) is 37.3 Å². The third-order valence-electron chi connectivity index (χ3n) is 6.57. The Morgan fingerprint density at radius 1 is 1.17 bits per heavy atom. The van der Waals surface area contributed by atoms with Crippen LogP contribution in [0.2, 0.25) is 0 Å².